The summed E-state index contributed by atoms with van der Waals surface area (Å²) in [5, 5.41) is 2.63. The molecule has 2 heterocycles. The Morgan fingerprint density at radius 2 is 1.88 bits per heavy atom. The van der Waals surface area contributed by atoms with E-state index in [1.807, 2.05) is 4.90 Å². The molecule has 1 aliphatic heterocycles. The monoisotopic (exact) mass is 246 g/mol. The van der Waals surface area contributed by atoms with E-state index >= 15 is 0 Å². The van der Waals surface area contributed by atoms with E-state index in [-0.39, 0.29) is 5.82 Å². The molecule has 1 fully saturated rings. The molecule has 0 spiro atoms. The summed E-state index contributed by atoms with van der Waals surface area (Å²) >= 11 is 0. The fourth-order valence-corrected chi connectivity index (χ4v) is 1.80. The van der Waals surface area contributed by atoms with Gasteiger partial charge in [0, 0.05) is 26.2 Å². The van der Waals surface area contributed by atoms with Crippen molar-refractivity contribution in [2.75, 3.05) is 30.4 Å². The van der Waals surface area contributed by atoms with Gasteiger partial charge >= 0.3 is 6.18 Å². The molecule has 1 aromatic rings. The van der Waals surface area contributed by atoms with Crippen LogP contribution in [0.3, 0.4) is 0 Å². The van der Waals surface area contributed by atoms with Crippen molar-refractivity contribution in [2.24, 2.45) is 0 Å². The van der Waals surface area contributed by atoms with Gasteiger partial charge in [-0.05, 0) is 12.8 Å². The highest BCUT2D eigenvalue weighted by Gasteiger charge is 2.36. The molecule has 0 aromatic carbocycles. The van der Waals surface area contributed by atoms with Gasteiger partial charge in [0.2, 0.25) is 5.82 Å². The Kier molecular flexibility index (Phi) is 3.08. The first-order valence-corrected chi connectivity index (χ1v) is 5.39. The van der Waals surface area contributed by atoms with Gasteiger partial charge in [0.1, 0.15) is 11.6 Å². The largest absolute Gasteiger partial charge is 0.451 e. The van der Waals surface area contributed by atoms with E-state index in [1.54, 1.807) is 6.07 Å². The van der Waals surface area contributed by atoms with Crippen molar-refractivity contribution in [3.8, 4) is 0 Å². The highest BCUT2D eigenvalue weighted by Crippen LogP contribution is 2.29. The van der Waals surface area contributed by atoms with Crippen LogP contribution in [-0.2, 0) is 6.18 Å². The number of nitrogens with one attached hydrogen (secondary N) is 1. The van der Waals surface area contributed by atoms with E-state index in [9.17, 15) is 13.2 Å². The fourth-order valence-electron chi connectivity index (χ4n) is 1.80. The minimum Gasteiger partial charge on any atom is -0.373 e. The van der Waals surface area contributed by atoms with E-state index < -0.39 is 12.0 Å². The Bertz CT molecular complexity index is 399. The van der Waals surface area contributed by atoms with Crippen LogP contribution in [0.25, 0.3) is 0 Å². The highest BCUT2D eigenvalue weighted by molar-refractivity contribution is 5.49. The molecule has 1 saturated heterocycles. The quantitative estimate of drug-likeness (QED) is 0.868. The second-order valence-electron chi connectivity index (χ2n) is 3.88. The van der Waals surface area contributed by atoms with Crippen LogP contribution >= 0.6 is 0 Å². The van der Waals surface area contributed by atoms with Crippen LogP contribution in [0.5, 0.6) is 0 Å². The van der Waals surface area contributed by atoms with Crippen molar-refractivity contribution < 1.29 is 13.2 Å². The van der Waals surface area contributed by atoms with Gasteiger partial charge in [0.05, 0.1) is 0 Å². The SMILES string of the molecule is CNc1cc(N2CCCC2)nc(C(F)(F)F)n1. The van der Waals surface area contributed by atoms with Crippen molar-refractivity contribution in [1.29, 1.82) is 0 Å². The van der Waals surface area contributed by atoms with Crippen LogP contribution in [-0.4, -0.2) is 30.1 Å². The summed E-state index contributed by atoms with van der Waals surface area (Å²) < 4.78 is 37.8. The van der Waals surface area contributed by atoms with Gasteiger partial charge in [-0.1, -0.05) is 0 Å². The van der Waals surface area contributed by atoms with Gasteiger partial charge < -0.3 is 10.2 Å². The molecular formula is C10H13F3N4. The van der Waals surface area contributed by atoms with Gasteiger partial charge in [0.15, 0.2) is 0 Å². The predicted octanol–water partition coefficient (Wildman–Crippen LogP) is 2.14. The molecule has 0 aliphatic carbocycles. The van der Waals surface area contributed by atoms with Crippen LogP contribution in [0.1, 0.15) is 18.7 Å². The van der Waals surface area contributed by atoms with Crippen LogP contribution in [0, 0.1) is 0 Å². The Balaban J connectivity index is 2.38. The topological polar surface area (TPSA) is 41.0 Å². The molecule has 1 aromatic heterocycles. The Morgan fingerprint density at radius 1 is 1.24 bits per heavy atom. The summed E-state index contributed by atoms with van der Waals surface area (Å²) in [4.78, 5) is 8.85. The third-order valence-electron chi connectivity index (χ3n) is 2.65. The summed E-state index contributed by atoms with van der Waals surface area (Å²) in [6.45, 7) is 1.49. The van der Waals surface area contributed by atoms with Gasteiger partial charge in [-0.3, -0.25) is 0 Å². The van der Waals surface area contributed by atoms with E-state index in [2.05, 4.69) is 15.3 Å². The number of hydrogen-bond donors (Lipinski definition) is 1. The smallest absolute Gasteiger partial charge is 0.373 e. The molecule has 0 unspecified atom stereocenters. The molecule has 17 heavy (non-hydrogen) atoms. The number of rotatable bonds is 2. The molecule has 2 rings (SSSR count). The van der Waals surface area contributed by atoms with Crippen LogP contribution < -0.4 is 10.2 Å². The molecular weight excluding hydrogens is 233 g/mol. The summed E-state index contributed by atoms with van der Waals surface area (Å²) in [7, 11) is 1.54. The minimum atomic E-state index is -4.51. The number of aromatic nitrogens is 2. The van der Waals surface area contributed by atoms with E-state index in [1.165, 1.54) is 7.05 Å². The molecule has 0 atom stereocenters. The number of halogens is 3. The zero-order valence-corrected chi connectivity index (χ0v) is 9.38. The van der Waals surface area contributed by atoms with Crippen molar-refractivity contribution in [2.45, 2.75) is 19.0 Å². The van der Waals surface area contributed by atoms with Crippen LogP contribution in [0.15, 0.2) is 6.07 Å². The summed E-state index contributed by atoms with van der Waals surface area (Å²) in [6, 6.07) is 1.54. The van der Waals surface area contributed by atoms with Gasteiger partial charge in [0.25, 0.3) is 0 Å². The lowest BCUT2D eigenvalue weighted by Crippen LogP contribution is -2.22. The number of hydrogen-bond acceptors (Lipinski definition) is 4. The van der Waals surface area contributed by atoms with Gasteiger partial charge in [-0.25, -0.2) is 9.97 Å². The fraction of sp³-hybridized carbons (Fsp3) is 0.600. The molecule has 4 nitrogen and oxygen atoms in total. The summed E-state index contributed by atoms with van der Waals surface area (Å²) in [5.41, 5.74) is 0. The van der Waals surface area contributed by atoms with Crippen molar-refractivity contribution in [1.82, 2.24) is 9.97 Å². The molecule has 94 valence electrons. The maximum absolute atomic E-state index is 12.6. The molecule has 0 saturated carbocycles. The van der Waals surface area contributed by atoms with Crippen LogP contribution in [0.4, 0.5) is 24.8 Å². The number of anilines is 2. The zero-order chi connectivity index (χ0) is 12.5. The second kappa shape index (κ2) is 4.38. The predicted molar refractivity (Wildman–Crippen MR) is 58.0 cm³/mol. The Labute approximate surface area is 96.9 Å². The lowest BCUT2D eigenvalue weighted by molar-refractivity contribution is -0.144. The highest BCUT2D eigenvalue weighted by atomic mass is 19.4. The van der Waals surface area contributed by atoms with E-state index in [0.717, 1.165) is 25.9 Å². The molecule has 7 heteroatoms. The lowest BCUT2D eigenvalue weighted by atomic mass is 10.4. The molecule has 0 radical (unpaired) electrons. The first kappa shape index (κ1) is 11.9. The van der Waals surface area contributed by atoms with Crippen molar-refractivity contribution in [3.63, 3.8) is 0 Å². The Hall–Kier alpha value is -1.53. The average Bonchev–Trinajstić information content (AvgIpc) is 2.80. The van der Waals surface area contributed by atoms with Crippen LogP contribution in [0.2, 0.25) is 0 Å². The third-order valence-corrected chi connectivity index (χ3v) is 2.65. The summed E-state index contributed by atoms with van der Waals surface area (Å²) in [6.07, 6.45) is -2.54. The Morgan fingerprint density at radius 3 is 2.41 bits per heavy atom. The first-order valence-electron chi connectivity index (χ1n) is 5.39. The molecule has 1 N–H and O–H groups in total. The minimum absolute atomic E-state index is 0.189. The molecule has 0 bridgehead atoms. The van der Waals surface area contributed by atoms with Gasteiger partial charge in [-0.2, -0.15) is 13.2 Å². The molecule has 1 aliphatic rings. The number of alkyl halides is 3. The van der Waals surface area contributed by atoms with Crippen molar-refractivity contribution >= 4 is 11.6 Å². The zero-order valence-electron chi connectivity index (χ0n) is 9.38. The van der Waals surface area contributed by atoms with Gasteiger partial charge in [-0.15, -0.1) is 0 Å². The standard InChI is InChI=1S/C10H13F3N4/c1-14-7-6-8(17-4-2-3-5-17)16-9(15-7)10(11,12)13/h6H,2-5H2,1H3,(H,14,15,16). The third kappa shape index (κ3) is 2.59. The normalized spacial score (nSPS) is 16.4. The average molecular weight is 246 g/mol. The maximum atomic E-state index is 12.6. The first-order chi connectivity index (χ1) is 8.00. The van der Waals surface area contributed by atoms with E-state index in [4.69, 9.17) is 0 Å². The number of nitrogens with zero attached hydrogens (tertiary/aromatic N) is 3. The van der Waals surface area contributed by atoms with Crippen molar-refractivity contribution in [3.05, 3.63) is 11.9 Å². The molecule has 0 amide bonds. The second-order valence-corrected chi connectivity index (χ2v) is 3.88. The maximum Gasteiger partial charge on any atom is 0.451 e. The van der Waals surface area contributed by atoms with E-state index in [0.29, 0.717) is 5.82 Å². The lowest BCUT2D eigenvalue weighted by Gasteiger charge is -2.18. The summed E-state index contributed by atoms with van der Waals surface area (Å²) in [5.74, 6) is -0.561.